The van der Waals surface area contributed by atoms with Crippen LogP contribution in [0.5, 0.6) is 0 Å². The first-order valence-corrected chi connectivity index (χ1v) is 9.47. The van der Waals surface area contributed by atoms with E-state index in [2.05, 4.69) is 10.6 Å². The molecular weight excluding hydrogens is 404 g/mol. The lowest BCUT2D eigenvalue weighted by molar-refractivity contribution is -0.122. The van der Waals surface area contributed by atoms with Gasteiger partial charge in [-0.2, -0.15) is 0 Å². The highest BCUT2D eigenvalue weighted by atomic mass is 19.1. The molecule has 1 atom stereocenters. The third kappa shape index (κ3) is 4.28. The van der Waals surface area contributed by atoms with E-state index in [0.29, 0.717) is 17.1 Å². The van der Waals surface area contributed by atoms with Gasteiger partial charge < -0.3 is 10.6 Å². The normalized spacial score (nSPS) is 15.1. The van der Waals surface area contributed by atoms with Gasteiger partial charge in [0.05, 0.1) is 17.8 Å². The zero-order valence-corrected chi connectivity index (χ0v) is 16.1. The minimum atomic E-state index is -1.13. The van der Waals surface area contributed by atoms with Crippen LogP contribution in [0.1, 0.15) is 16.8 Å². The molecule has 0 aliphatic carbocycles. The van der Waals surface area contributed by atoms with E-state index in [9.17, 15) is 23.2 Å². The third-order valence-electron chi connectivity index (χ3n) is 4.85. The molecule has 4 rings (SSSR count). The lowest BCUT2D eigenvalue weighted by Crippen LogP contribution is -2.52. The second-order valence-corrected chi connectivity index (χ2v) is 6.96. The number of anilines is 3. The standard InChI is InChI=1S/C23H17F2N3O3/c24-15-7-5-14(6-8-15)23(31)28-19-4-2-1-3-18(19)27-22(30)20(28)13-21(29)26-17-11-9-16(25)10-12-17/h1-12,20H,13H2,(H,26,29)(H,27,30)/t20-/m1/s1. The van der Waals surface area contributed by atoms with E-state index in [-0.39, 0.29) is 12.0 Å². The summed E-state index contributed by atoms with van der Waals surface area (Å²) >= 11 is 0. The quantitative estimate of drug-likeness (QED) is 0.669. The maximum atomic E-state index is 13.3. The summed E-state index contributed by atoms with van der Waals surface area (Å²) in [6.45, 7) is 0. The van der Waals surface area contributed by atoms with E-state index in [1.165, 1.54) is 41.3 Å². The van der Waals surface area contributed by atoms with Crippen molar-refractivity contribution in [2.75, 3.05) is 15.5 Å². The van der Waals surface area contributed by atoms with Crippen LogP contribution < -0.4 is 15.5 Å². The fourth-order valence-corrected chi connectivity index (χ4v) is 3.38. The Kier molecular flexibility index (Phi) is 5.44. The maximum absolute atomic E-state index is 13.3. The van der Waals surface area contributed by atoms with Crippen molar-refractivity contribution in [2.24, 2.45) is 0 Å². The van der Waals surface area contributed by atoms with Crippen LogP contribution in [0.4, 0.5) is 25.8 Å². The molecule has 1 aliphatic heterocycles. The molecule has 0 radical (unpaired) electrons. The van der Waals surface area contributed by atoms with Crippen molar-refractivity contribution in [2.45, 2.75) is 12.5 Å². The number of carbonyl (C=O) groups excluding carboxylic acids is 3. The molecule has 1 heterocycles. The van der Waals surface area contributed by atoms with Gasteiger partial charge in [-0.05, 0) is 60.7 Å². The summed E-state index contributed by atoms with van der Waals surface area (Å²) in [5.74, 6) is -2.53. The first kappa shape index (κ1) is 20.2. The summed E-state index contributed by atoms with van der Waals surface area (Å²) in [7, 11) is 0. The number of rotatable bonds is 4. The number of amides is 3. The molecule has 0 saturated heterocycles. The summed E-state index contributed by atoms with van der Waals surface area (Å²) in [5.41, 5.74) is 1.39. The van der Waals surface area contributed by atoms with Gasteiger partial charge >= 0.3 is 0 Å². The predicted molar refractivity (Wildman–Crippen MR) is 112 cm³/mol. The third-order valence-corrected chi connectivity index (χ3v) is 4.85. The fourth-order valence-electron chi connectivity index (χ4n) is 3.38. The van der Waals surface area contributed by atoms with Crippen molar-refractivity contribution in [3.8, 4) is 0 Å². The van der Waals surface area contributed by atoms with E-state index in [1.54, 1.807) is 24.3 Å². The van der Waals surface area contributed by atoms with Crippen LogP contribution >= 0.6 is 0 Å². The van der Waals surface area contributed by atoms with Gasteiger partial charge in [0.2, 0.25) is 11.8 Å². The average molecular weight is 421 g/mol. The van der Waals surface area contributed by atoms with Crippen LogP contribution in [0.2, 0.25) is 0 Å². The largest absolute Gasteiger partial charge is 0.326 e. The van der Waals surface area contributed by atoms with Gasteiger partial charge in [-0.25, -0.2) is 8.78 Å². The number of halogens is 2. The molecule has 8 heteroatoms. The zero-order valence-electron chi connectivity index (χ0n) is 16.1. The molecular formula is C23H17F2N3O3. The Morgan fingerprint density at radius 3 is 2.19 bits per heavy atom. The Labute approximate surface area is 176 Å². The summed E-state index contributed by atoms with van der Waals surface area (Å²) in [6, 6.07) is 15.7. The van der Waals surface area contributed by atoms with E-state index in [4.69, 9.17) is 0 Å². The van der Waals surface area contributed by atoms with Crippen molar-refractivity contribution < 1.29 is 23.2 Å². The van der Waals surface area contributed by atoms with Crippen LogP contribution in [0, 0.1) is 11.6 Å². The second kappa shape index (κ2) is 8.35. The van der Waals surface area contributed by atoms with Gasteiger partial charge in [-0.1, -0.05) is 12.1 Å². The Morgan fingerprint density at radius 2 is 1.52 bits per heavy atom. The van der Waals surface area contributed by atoms with Crippen molar-refractivity contribution in [3.63, 3.8) is 0 Å². The Morgan fingerprint density at radius 1 is 0.903 bits per heavy atom. The highest BCUT2D eigenvalue weighted by molar-refractivity contribution is 6.17. The summed E-state index contributed by atoms with van der Waals surface area (Å²) < 4.78 is 26.4. The van der Waals surface area contributed by atoms with Crippen molar-refractivity contribution in [1.82, 2.24) is 0 Å². The summed E-state index contributed by atoms with van der Waals surface area (Å²) in [6.07, 6.45) is -0.329. The van der Waals surface area contributed by atoms with Crippen LogP contribution in [0.25, 0.3) is 0 Å². The number of nitrogens with one attached hydrogen (secondary N) is 2. The molecule has 3 aromatic carbocycles. The molecule has 31 heavy (non-hydrogen) atoms. The molecule has 0 fully saturated rings. The molecule has 0 saturated carbocycles. The molecule has 3 amide bonds. The molecule has 2 N–H and O–H groups in total. The molecule has 0 spiro atoms. The first-order valence-electron chi connectivity index (χ1n) is 9.47. The van der Waals surface area contributed by atoms with Gasteiger partial charge in [0.1, 0.15) is 17.7 Å². The number of nitrogens with zero attached hydrogens (tertiary/aromatic N) is 1. The second-order valence-electron chi connectivity index (χ2n) is 6.96. The SMILES string of the molecule is O=C(C[C@@H]1C(=O)Nc2ccccc2N1C(=O)c1ccc(F)cc1)Nc1ccc(F)cc1. The first-order chi connectivity index (χ1) is 14.9. The van der Waals surface area contributed by atoms with E-state index >= 15 is 0 Å². The Balaban J connectivity index is 1.64. The van der Waals surface area contributed by atoms with E-state index < -0.39 is 35.4 Å². The molecule has 1 aliphatic rings. The van der Waals surface area contributed by atoms with Gasteiger partial charge in [0.25, 0.3) is 5.91 Å². The lowest BCUT2D eigenvalue weighted by Gasteiger charge is -2.36. The zero-order chi connectivity index (χ0) is 22.0. The van der Waals surface area contributed by atoms with Crippen molar-refractivity contribution >= 4 is 34.8 Å². The number of benzene rings is 3. The lowest BCUT2D eigenvalue weighted by atomic mass is 10.0. The van der Waals surface area contributed by atoms with Gasteiger partial charge in [0.15, 0.2) is 0 Å². The summed E-state index contributed by atoms with van der Waals surface area (Å²) in [4.78, 5) is 39.9. The number of carbonyl (C=O) groups is 3. The van der Waals surface area contributed by atoms with Gasteiger partial charge in [0, 0.05) is 11.3 Å². The topological polar surface area (TPSA) is 78.5 Å². The number of para-hydroxylation sites is 2. The number of hydrogen-bond acceptors (Lipinski definition) is 3. The molecule has 0 aromatic heterocycles. The number of fused-ring (bicyclic) bond motifs is 1. The van der Waals surface area contributed by atoms with Crippen molar-refractivity contribution in [1.29, 1.82) is 0 Å². The molecule has 0 unspecified atom stereocenters. The molecule has 156 valence electrons. The van der Waals surface area contributed by atoms with Crippen LogP contribution in [-0.4, -0.2) is 23.8 Å². The van der Waals surface area contributed by atoms with Crippen LogP contribution in [-0.2, 0) is 9.59 Å². The summed E-state index contributed by atoms with van der Waals surface area (Å²) in [5, 5.41) is 5.30. The van der Waals surface area contributed by atoms with Crippen LogP contribution in [0.3, 0.4) is 0 Å². The smallest absolute Gasteiger partial charge is 0.259 e. The van der Waals surface area contributed by atoms with E-state index in [0.717, 1.165) is 12.1 Å². The average Bonchev–Trinajstić information content (AvgIpc) is 2.76. The van der Waals surface area contributed by atoms with Gasteiger partial charge in [-0.3, -0.25) is 19.3 Å². The van der Waals surface area contributed by atoms with Crippen LogP contribution in [0.15, 0.2) is 72.8 Å². The molecule has 6 nitrogen and oxygen atoms in total. The highest BCUT2D eigenvalue weighted by Crippen LogP contribution is 2.34. The fraction of sp³-hybridized carbons (Fsp3) is 0.0870. The predicted octanol–water partition coefficient (Wildman–Crippen LogP) is 3.96. The monoisotopic (exact) mass is 421 g/mol. The Bertz CT molecular complexity index is 1150. The Hall–Kier alpha value is -4.07. The minimum absolute atomic E-state index is 0.176. The highest BCUT2D eigenvalue weighted by Gasteiger charge is 2.38. The number of hydrogen-bond donors (Lipinski definition) is 2. The van der Waals surface area contributed by atoms with E-state index in [1.807, 2.05) is 0 Å². The molecule has 3 aromatic rings. The van der Waals surface area contributed by atoms with Gasteiger partial charge in [-0.15, -0.1) is 0 Å². The molecule has 0 bridgehead atoms. The maximum Gasteiger partial charge on any atom is 0.259 e. The van der Waals surface area contributed by atoms with Crippen molar-refractivity contribution in [3.05, 3.63) is 90.0 Å². The minimum Gasteiger partial charge on any atom is -0.326 e.